The maximum atomic E-state index is 6.02. The summed E-state index contributed by atoms with van der Waals surface area (Å²) in [6.07, 6.45) is 6.25. The summed E-state index contributed by atoms with van der Waals surface area (Å²) in [7, 11) is 2.38. The molecule has 0 amide bonds. The molecule has 20 heavy (non-hydrogen) atoms. The van der Waals surface area contributed by atoms with Gasteiger partial charge < -0.3 is 27.9 Å². The molecule has 0 saturated carbocycles. The zero-order valence-corrected chi connectivity index (χ0v) is 14.1. The Bertz CT molecular complexity index is 420. The van der Waals surface area contributed by atoms with Crippen molar-refractivity contribution in [1.82, 2.24) is 0 Å². The molecule has 0 unspecified atom stereocenters. The highest BCUT2D eigenvalue weighted by Crippen LogP contribution is 2.25. The normalized spacial score (nSPS) is 17.3. The van der Waals surface area contributed by atoms with Crippen molar-refractivity contribution in [2.45, 2.75) is 24.2 Å². The number of piperidine rings is 1. The Hall–Kier alpha value is -0.580. The number of likely N-dealkylation sites (N-methyl/N-ethyl adjacent to an activating group) is 1. The molecule has 0 spiro atoms. The highest BCUT2D eigenvalue weighted by Gasteiger charge is 2.23. The number of thioether (sulfide) groups is 1. The number of nitrogens with one attached hydrogen (secondary N) is 1. The summed E-state index contributed by atoms with van der Waals surface area (Å²) < 4.78 is 1.20. The molecule has 1 aromatic carbocycles. The molecule has 0 atom stereocenters. The van der Waals surface area contributed by atoms with E-state index in [4.69, 9.17) is 5.73 Å². The van der Waals surface area contributed by atoms with Crippen LogP contribution in [0.3, 0.4) is 0 Å². The standard InChI is InChI=1S/C15H26N3S.ClH/c1-18(9-4-3-5-10-18)11-8-17-15-12-13(19-2)6-7-14(15)16;/h6-7,12,17H,3-5,8-11,16H2,1-2H3;1H/q+1;/p-1. The van der Waals surface area contributed by atoms with Gasteiger partial charge in [-0.1, -0.05) is 0 Å². The number of benzene rings is 1. The first-order valence-electron chi connectivity index (χ1n) is 7.14. The molecule has 1 aliphatic heterocycles. The fourth-order valence-corrected chi connectivity index (χ4v) is 3.22. The third kappa shape index (κ3) is 4.76. The average molecular weight is 316 g/mol. The van der Waals surface area contributed by atoms with Gasteiger partial charge in [0.1, 0.15) is 0 Å². The highest BCUT2D eigenvalue weighted by molar-refractivity contribution is 7.98. The van der Waals surface area contributed by atoms with Crippen LogP contribution in [0.5, 0.6) is 0 Å². The van der Waals surface area contributed by atoms with E-state index in [1.54, 1.807) is 11.8 Å². The van der Waals surface area contributed by atoms with Gasteiger partial charge in [-0.3, -0.25) is 0 Å². The zero-order valence-electron chi connectivity index (χ0n) is 12.5. The van der Waals surface area contributed by atoms with Crippen molar-refractivity contribution in [3.05, 3.63) is 18.2 Å². The summed E-state index contributed by atoms with van der Waals surface area (Å²) in [6, 6.07) is 6.21. The Morgan fingerprint density at radius 1 is 1.25 bits per heavy atom. The van der Waals surface area contributed by atoms with Crippen molar-refractivity contribution < 1.29 is 16.9 Å². The highest BCUT2D eigenvalue weighted by atomic mass is 35.5. The van der Waals surface area contributed by atoms with Gasteiger partial charge in [-0.25, -0.2) is 0 Å². The molecular weight excluding hydrogens is 290 g/mol. The summed E-state index contributed by atoms with van der Waals surface area (Å²) in [5.41, 5.74) is 7.94. The van der Waals surface area contributed by atoms with Gasteiger partial charge >= 0.3 is 0 Å². The van der Waals surface area contributed by atoms with E-state index in [9.17, 15) is 0 Å². The van der Waals surface area contributed by atoms with E-state index in [2.05, 4.69) is 30.8 Å². The minimum atomic E-state index is 0. The summed E-state index contributed by atoms with van der Waals surface area (Å²) in [5.74, 6) is 0. The predicted octanol–water partition coefficient (Wildman–Crippen LogP) is 0.0371. The second-order valence-electron chi connectivity index (χ2n) is 5.73. The zero-order chi connectivity index (χ0) is 13.7. The first-order valence-corrected chi connectivity index (χ1v) is 8.36. The number of hydrogen-bond acceptors (Lipinski definition) is 3. The SMILES string of the molecule is CSc1ccc(N)c(NCC[N+]2(C)CCCCC2)c1.[Cl-]. The summed E-state index contributed by atoms with van der Waals surface area (Å²) in [6.45, 7) is 4.82. The molecule has 1 fully saturated rings. The molecule has 3 nitrogen and oxygen atoms in total. The maximum absolute atomic E-state index is 6.02. The molecule has 0 aliphatic carbocycles. The smallest absolute Gasteiger partial charge is 0.0960 e. The van der Waals surface area contributed by atoms with Crippen molar-refractivity contribution in [2.75, 3.05) is 50.5 Å². The molecule has 0 bridgehead atoms. The van der Waals surface area contributed by atoms with Crippen LogP contribution < -0.4 is 23.5 Å². The van der Waals surface area contributed by atoms with E-state index in [0.717, 1.165) is 17.9 Å². The Balaban J connectivity index is 0.00000200. The molecule has 1 aliphatic rings. The van der Waals surface area contributed by atoms with Crippen molar-refractivity contribution in [3.63, 3.8) is 0 Å². The Morgan fingerprint density at radius 3 is 2.60 bits per heavy atom. The van der Waals surface area contributed by atoms with Gasteiger partial charge in [-0.15, -0.1) is 11.8 Å². The lowest BCUT2D eigenvalue weighted by Gasteiger charge is -2.38. The lowest BCUT2D eigenvalue weighted by Crippen LogP contribution is -3.00. The second-order valence-corrected chi connectivity index (χ2v) is 6.61. The number of nitrogens with zero attached hydrogens (tertiary/aromatic N) is 1. The second kappa shape index (κ2) is 8.01. The van der Waals surface area contributed by atoms with Gasteiger partial charge in [0.25, 0.3) is 0 Å². The van der Waals surface area contributed by atoms with Crippen LogP contribution in [-0.2, 0) is 0 Å². The number of quaternary nitrogens is 1. The van der Waals surface area contributed by atoms with Crippen LogP contribution in [0.25, 0.3) is 0 Å². The van der Waals surface area contributed by atoms with Crippen LogP contribution in [0, 0.1) is 0 Å². The van der Waals surface area contributed by atoms with Crippen LogP contribution in [0.1, 0.15) is 19.3 Å². The van der Waals surface area contributed by atoms with Crippen LogP contribution in [0.2, 0.25) is 0 Å². The Morgan fingerprint density at radius 2 is 1.95 bits per heavy atom. The van der Waals surface area contributed by atoms with Gasteiger partial charge in [0.05, 0.1) is 44.6 Å². The Labute approximate surface area is 133 Å². The maximum Gasteiger partial charge on any atom is 0.0960 e. The van der Waals surface area contributed by atoms with E-state index < -0.39 is 0 Å². The van der Waals surface area contributed by atoms with E-state index >= 15 is 0 Å². The molecule has 0 radical (unpaired) electrons. The number of rotatable bonds is 5. The molecule has 0 aromatic heterocycles. The first kappa shape index (κ1) is 17.5. The molecule has 5 heteroatoms. The lowest BCUT2D eigenvalue weighted by atomic mass is 10.1. The van der Waals surface area contributed by atoms with E-state index in [1.165, 1.54) is 48.3 Å². The molecule has 1 saturated heterocycles. The fourth-order valence-electron chi connectivity index (χ4n) is 2.78. The van der Waals surface area contributed by atoms with Gasteiger partial charge in [0.15, 0.2) is 0 Å². The topological polar surface area (TPSA) is 38.0 Å². The van der Waals surface area contributed by atoms with Gasteiger partial charge in [0.2, 0.25) is 0 Å². The number of hydrogen-bond donors (Lipinski definition) is 2. The quantitative estimate of drug-likeness (QED) is 0.458. The third-order valence-electron chi connectivity index (χ3n) is 4.12. The molecule has 3 N–H and O–H groups in total. The number of anilines is 2. The number of nitrogens with two attached hydrogens (primary N) is 1. The molecule has 1 aromatic rings. The van der Waals surface area contributed by atoms with Crippen LogP contribution >= 0.6 is 11.8 Å². The van der Waals surface area contributed by atoms with Crippen molar-refractivity contribution in [3.8, 4) is 0 Å². The van der Waals surface area contributed by atoms with Crippen LogP contribution in [0.15, 0.2) is 23.1 Å². The molecule has 1 heterocycles. The van der Waals surface area contributed by atoms with Crippen molar-refractivity contribution in [2.24, 2.45) is 0 Å². The average Bonchev–Trinajstić information content (AvgIpc) is 2.41. The summed E-state index contributed by atoms with van der Waals surface area (Å²) in [5, 5.41) is 3.51. The fraction of sp³-hybridized carbons (Fsp3) is 0.600. The largest absolute Gasteiger partial charge is 1.00 e. The van der Waals surface area contributed by atoms with Crippen LogP contribution in [-0.4, -0.2) is 44.0 Å². The number of likely N-dealkylation sites (tertiary alicyclic amines) is 1. The lowest BCUT2D eigenvalue weighted by molar-refractivity contribution is -0.912. The van der Waals surface area contributed by atoms with Crippen molar-refractivity contribution in [1.29, 1.82) is 0 Å². The van der Waals surface area contributed by atoms with E-state index in [0.29, 0.717) is 0 Å². The third-order valence-corrected chi connectivity index (χ3v) is 4.85. The number of nitrogen functional groups attached to an aromatic ring is 1. The molecule has 2 rings (SSSR count). The monoisotopic (exact) mass is 315 g/mol. The molecule has 114 valence electrons. The van der Waals surface area contributed by atoms with Crippen LogP contribution in [0.4, 0.5) is 11.4 Å². The predicted molar refractivity (Wildman–Crippen MR) is 85.8 cm³/mol. The van der Waals surface area contributed by atoms with E-state index in [1.807, 2.05) is 6.07 Å². The van der Waals surface area contributed by atoms with Gasteiger partial charge in [0, 0.05) is 4.90 Å². The van der Waals surface area contributed by atoms with Gasteiger partial charge in [-0.05, 0) is 43.7 Å². The molecular formula is C15H26ClN3S. The van der Waals surface area contributed by atoms with E-state index in [-0.39, 0.29) is 12.4 Å². The minimum absolute atomic E-state index is 0. The minimum Gasteiger partial charge on any atom is -1.00 e. The number of halogens is 1. The Kier molecular flexibility index (Phi) is 7.00. The first-order chi connectivity index (χ1) is 9.13. The summed E-state index contributed by atoms with van der Waals surface area (Å²) in [4.78, 5) is 1.26. The summed E-state index contributed by atoms with van der Waals surface area (Å²) >= 11 is 1.75. The van der Waals surface area contributed by atoms with Crippen molar-refractivity contribution >= 4 is 23.1 Å². The van der Waals surface area contributed by atoms with Gasteiger partial charge in [-0.2, -0.15) is 0 Å².